The van der Waals surface area contributed by atoms with E-state index in [1.54, 1.807) is 0 Å². The van der Waals surface area contributed by atoms with Crippen molar-refractivity contribution in [3.8, 4) is 0 Å². The summed E-state index contributed by atoms with van der Waals surface area (Å²) in [5, 5.41) is 26.8. The number of hydrogen-bond donors (Lipinski definition) is 5. The minimum Gasteiger partial charge on any atom is -0.444 e. The zero-order chi connectivity index (χ0) is 35.5. The maximum Gasteiger partial charge on any atom is 0.408 e. The van der Waals surface area contributed by atoms with Crippen LogP contribution in [0.4, 0.5) is 9.93 Å². The number of ether oxygens (including phenoxy) is 1. The van der Waals surface area contributed by atoms with Crippen molar-refractivity contribution in [3.05, 3.63) is 64.7 Å². The van der Waals surface area contributed by atoms with Crippen LogP contribution in [0.5, 0.6) is 0 Å². The molecule has 4 unspecified atom stereocenters. The molecular formula is C36H53N7O4S. The minimum absolute atomic E-state index is 0.0607. The van der Waals surface area contributed by atoms with E-state index in [1.807, 2.05) is 78.0 Å². The molecule has 2 aromatic rings. The number of nitrogens with two attached hydrogens (primary N) is 1. The summed E-state index contributed by atoms with van der Waals surface area (Å²) in [5.41, 5.74) is 7.23. The SMILES string of the molecule is CC1C=CC=CC1CC(=O)Nc1nnc(CCCCC(=N)CC(C)C(N)NC(=O)Cc2cccc(C(C)(C)NC(=O)OC(C)(C)C)c2)s1. The van der Waals surface area contributed by atoms with Gasteiger partial charge in [0.05, 0.1) is 18.1 Å². The second-order valence-corrected chi connectivity index (χ2v) is 15.3. The van der Waals surface area contributed by atoms with E-state index in [1.165, 1.54) is 11.3 Å². The summed E-state index contributed by atoms with van der Waals surface area (Å²) in [6, 6.07) is 7.52. The van der Waals surface area contributed by atoms with E-state index in [0.29, 0.717) is 36.0 Å². The van der Waals surface area contributed by atoms with Crippen molar-refractivity contribution in [2.45, 2.75) is 111 Å². The normalized spacial score (nSPS) is 17.3. The lowest BCUT2D eigenvalue weighted by molar-refractivity contribution is -0.121. The van der Waals surface area contributed by atoms with Gasteiger partial charge in [-0.3, -0.25) is 9.59 Å². The van der Waals surface area contributed by atoms with Crippen LogP contribution in [0.3, 0.4) is 0 Å². The number of allylic oxidation sites excluding steroid dienone is 4. The number of benzene rings is 1. The molecule has 4 atom stereocenters. The van der Waals surface area contributed by atoms with Crippen molar-refractivity contribution >= 4 is 40.1 Å². The average molecular weight is 680 g/mol. The van der Waals surface area contributed by atoms with Gasteiger partial charge in [0, 0.05) is 18.6 Å². The zero-order valence-corrected chi connectivity index (χ0v) is 30.2. The molecule has 11 nitrogen and oxygen atoms in total. The average Bonchev–Trinajstić information content (AvgIpc) is 3.42. The van der Waals surface area contributed by atoms with Crippen molar-refractivity contribution in [3.63, 3.8) is 0 Å². The Labute approximate surface area is 289 Å². The summed E-state index contributed by atoms with van der Waals surface area (Å²) in [4.78, 5) is 37.6. The van der Waals surface area contributed by atoms with E-state index in [-0.39, 0.29) is 30.1 Å². The van der Waals surface area contributed by atoms with Gasteiger partial charge in [-0.15, -0.1) is 10.2 Å². The van der Waals surface area contributed by atoms with Crippen LogP contribution in [0.1, 0.15) is 96.7 Å². The number of rotatable bonds is 16. The lowest BCUT2D eigenvalue weighted by atomic mass is 9.87. The first kappa shape index (κ1) is 38.5. The van der Waals surface area contributed by atoms with Crippen molar-refractivity contribution in [2.75, 3.05) is 5.32 Å². The molecule has 1 aliphatic carbocycles. The third kappa shape index (κ3) is 13.3. The smallest absolute Gasteiger partial charge is 0.408 e. The third-order valence-electron chi connectivity index (χ3n) is 8.15. The highest BCUT2D eigenvalue weighted by Gasteiger charge is 2.27. The number of anilines is 1. The molecule has 0 radical (unpaired) electrons. The van der Waals surface area contributed by atoms with Crippen LogP contribution in [0.25, 0.3) is 0 Å². The number of alkyl carbamates (subject to hydrolysis) is 1. The van der Waals surface area contributed by atoms with Crippen molar-refractivity contribution in [1.29, 1.82) is 5.41 Å². The molecule has 48 heavy (non-hydrogen) atoms. The number of nitrogens with zero attached hydrogens (tertiary/aromatic N) is 2. The van der Waals surface area contributed by atoms with Crippen LogP contribution >= 0.6 is 11.3 Å². The molecule has 3 amide bonds. The van der Waals surface area contributed by atoms with Crippen molar-refractivity contribution in [2.24, 2.45) is 23.5 Å². The summed E-state index contributed by atoms with van der Waals surface area (Å²) >= 11 is 1.39. The number of carbonyl (C=O) groups is 3. The highest BCUT2D eigenvalue weighted by atomic mass is 32.1. The van der Waals surface area contributed by atoms with Crippen LogP contribution in [-0.4, -0.2) is 45.6 Å². The molecule has 0 saturated heterocycles. The molecule has 262 valence electrons. The molecule has 1 heterocycles. The standard InChI is InChI=1S/C36H53N7O4S/c1-23-13-8-9-15-26(23)22-30(45)40-33-43-42-31(48-33)18-11-10-17-28(37)19-24(2)32(38)39-29(44)21-25-14-12-16-27(20-25)36(6,7)41-34(46)47-35(3,4)5/h8-9,12-16,20,23-24,26,32,37H,10-11,17-19,21-22,38H2,1-7H3,(H,39,44)(H,41,46)(H,40,43,45). The van der Waals surface area contributed by atoms with Crippen LogP contribution in [-0.2, 0) is 32.7 Å². The topological polar surface area (TPSA) is 172 Å². The van der Waals surface area contributed by atoms with Crippen LogP contribution < -0.4 is 21.7 Å². The van der Waals surface area contributed by atoms with Gasteiger partial charge in [0.1, 0.15) is 10.6 Å². The molecule has 3 rings (SSSR count). The van der Waals surface area contributed by atoms with Crippen LogP contribution in [0.2, 0.25) is 0 Å². The quantitative estimate of drug-likeness (QED) is 0.0775. The summed E-state index contributed by atoms with van der Waals surface area (Å²) in [6.07, 6.45) is 11.1. The van der Waals surface area contributed by atoms with Gasteiger partial charge >= 0.3 is 6.09 Å². The lowest BCUT2D eigenvalue weighted by Gasteiger charge is -2.29. The first-order valence-corrected chi connectivity index (χ1v) is 17.5. The number of carbonyl (C=O) groups excluding carboxylic acids is 3. The highest BCUT2D eigenvalue weighted by molar-refractivity contribution is 7.15. The third-order valence-corrected chi connectivity index (χ3v) is 9.05. The van der Waals surface area contributed by atoms with Gasteiger partial charge < -0.3 is 31.8 Å². The van der Waals surface area contributed by atoms with Crippen molar-refractivity contribution in [1.82, 2.24) is 20.8 Å². The van der Waals surface area contributed by atoms with E-state index < -0.39 is 23.4 Å². The van der Waals surface area contributed by atoms with E-state index in [9.17, 15) is 14.4 Å². The maximum absolute atomic E-state index is 12.8. The fraction of sp³-hybridized carbons (Fsp3) is 0.556. The monoisotopic (exact) mass is 679 g/mol. The van der Waals surface area contributed by atoms with E-state index in [0.717, 1.165) is 35.4 Å². The number of unbranched alkanes of at least 4 members (excludes halogenated alkanes) is 1. The molecule has 0 spiro atoms. The largest absolute Gasteiger partial charge is 0.444 e. The molecule has 0 fully saturated rings. The molecule has 1 aromatic carbocycles. The van der Waals surface area contributed by atoms with E-state index in [4.69, 9.17) is 15.9 Å². The number of aromatic nitrogens is 2. The Hall–Kier alpha value is -3.90. The number of amides is 3. The Morgan fingerprint density at radius 2 is 1.79 bits per heavy atom. The molecule has 6 N–H and O–H groups in total. The van der Waals surface area contributed by atoms with Gasteiger partial charge in [-0.25, -0.2) is 4.79 Å². The summed E-state index contributed by atoms with van der Waals surface area (Å²) in [5.74, 6) is 0.134. The van der Waals surface area contributed by atoms with E-state index in [2.05, 4.69) is 45.2 Å². The Bertz CT molecular complexity index is 1480. The highest BCUT2D eigenvalue weighted by Crippen LogP contribution is 2.25. The molecule has 0 bridgehead atoms. The van der Waals surface area contributed by atoms with Crippen LogP contribution in [0, 0.1) is 23.2 Å². The van der Waals surface area contributed by atoms with Gasteiger partial charge in [0.25, 0.3) is 0 Å². The fourth-order valence-corrected chi connectivity index (χ4v) is 6.10. The van der Waals surface area contributed by atoms with Gasteiger partial charge in [0.2, 0.25) is 16.9 Å². The summed E-state index contributed by atoms with van der Waals surface area (Å²) in [6.45, 7) is 13.2. The molecule has 1 aliphatic rings. The predicted molar refractivity (Wildman–Crippen MR) is 192 cm³/mol. The fourth-order valence-electron chi connectivity index (χ4n) is 5.31. The summed E-state index contributed by atoms with van der Waals surface area (Å²) < 4.78 is 5.40. The summed E-state index contributed by atoms with van der Waals surface area (Å²) in [7, 11) is 0. The lowest BCUT2D eigenvalue weighted by Crippen LogP contribution is -2.47. The number of nitrogens with one attached hydrogen (secondary N) is 4. The molecule has 1 aromatic heterocycles. The predicted octanol–water partition coefficient (Wildman–Crippen LogP) is 6.41. The van der Waals surface area contributed by atoms with Gasteiger partial charge in [0.15, 0.2) is 0 Å². The Kier molecular flexibility index (Phi) is 14.0. The Morgan fingerprint density at radius 3 is 2.50 bits per heavy atom. The Balaban J connectivity index is 1.35. The molecular weight excluding hydrogens is 627 g/mol. The second kappa shape index (κ2) is 17.5. The van der Waals surface area contributed by atoms with Crippen LogP contribution in [0.15, 0.2) is 48.6 Å². The maximum atomic E-state index is 12.8. The van der Waals surface area contributed by atoms with E-state index >= 15 is 0 Å². The molecule has 0 saturated carbocycles. The van der Waals surface area contributed by atoms with Gasteiger partial charge in [-0.1, -0.05) is 73.8 Å². The number of hydrogen-bond acceptors (Lipinski definition) is 9. The van der Waals surface area contributed by atoms with Gasteiger partial charge in [-0.05, 0) is 89.2 Å². The zero-order valence-electron chi connectivity index (χ0n) is 29.4. The first-order valence-electron chi connectivity index (χ1n) is 16.7. The molecule has 0 aliphatic heterocycles. The van der Waals surface area contributed by atoms with Crippen molar-refractivity contribution < 1.29 is 19.1 Å². The number of aryl methyl sites for hydroxylation is 1. The molecule has 12 heteroatoms. The van der Waals surface area contributed by atoms with Gasteiger partial charge in [-0.2, -0.15) is 0 Å². The first-order chi connectivity index (χ1) is 22.5. The minimum atomic E-state index is -0.707. The Morgan fingerprint density at radius 1 is 1.06 bits per heavy atom. The second-order valence-electron chi connectivity index (χ2n) is 14.3.